The summed E-state index contributed by atoms with van der Waals surface area (Å²) in [7, 11) is -2.25. The van der Waals surface area contributed by atoms with E-state index >= 15 is 0 Å². The second-order valence-corrected chi connectivity index (χ2v) is 9.87. The molecular formula is C25H29N3O3S. The first-order valence-electron chi connectivity index (χ1n) is 10.5. The van der Waals surface area contributed by atoms with E-state index in [1.807, 2.05) is 36.4 Å². The predicted octanol–water partition coefficient (Wildman–Crippen LogP) is 4.44. The zero-order chi connectivity index (χ0) is 23.1. The van der Waals surface area contributed by atoms with Gasteiger partial charge in [-0.3, -0.25) is 9.10 Å². The maximum absolute atomic E-state index is 13.0. The third-order valence-electron chi connectivity index (χ3n) is 5.20. The molecule has 0 aliphatic heterocycles. The molecule has 2 N–H and O–H groups in total. The molecule has 0 aliphatic carbocycles. The van der Waals surface area contributed by atoms with Gasteiger partial charge in [0.2, 0.25) is 5.91 Å². The van der Waals surface area contributed by atoms with Crippen LogP contribution in [0, 0.1) is 5.92 Å². The summed E-state index contributed by atoms with van der Waals surface area (Å²) in [6.07, 6.45) is 0. The normalized spacial score (nSPS) is 12.4. The molecule has 0 saturated carbocycles. The molecule has 0 aromatic heterocycles. The summed E-state index contributed by atoms with van der Waals surface area (Å²) in [4.78, 5) is 12.7. The third-order valence-corrected chi connectivity index (χ3v) is 6.99. The fourth-order valence-corrected chi connectivity index (χ4v) is 4.72. The van der Waals surface area contributed by atoms with Crippen molar-refractivity contribution in [2.75, 3.05) is 23.2 Å². The highest BCUT2D eigenvalue weighted by Gasteiger charge is 2.22. The Bertz CT molecular complexity index is 1130. The van der Waals surface area contributed by atoms with Gasteiger partial charge in [-0.15, -0.1) is 0 Å². The highest BCUT2D eigenvalue weighted by atomic mass is 32.2. The van der Waals surface area contributed by atoms with Crippen molar-refractivity contribution in [3.05, 3.63) is 90.5 Å². The first-order valence-corrected chi connectivity index (χ1v) is 12.0. The Hall–Kier alpha value is -3.16. The van der Waals surface area contributed by atoms with Gasteiger partial charge in [0, 0.05) is 18.8 Å². The van der Waals surface area contributed by atoms with E-state index in [0.717, 1.165) is 5.56 Å². The smallest absolute Gasteiger partial charge is 0.264 e. The number of hydrogen-bond donors (Lipinski definition) is 2. The van der Waals surface area contributed by atoms with Crippen LogP contribution in [0.3, 0.4) is 0 Å². The molecule has 168 valence electrons. The summed E-state index contributed by atoms with van der Waals surface area (Å²) >= 11 is 0. The van der Waals surface area contributed by atoms with E-state index in [4.69, 9.17) is 0 Å². The Kier molecular flexibility index (Phi) is 7.66. The van der Waals surface area contributed by atoms with Crippen LogP contribution in [-0.4, -0.2) is 27.9 Å². The van der Waals surface area contributed by atoms with Crippen LogP contribution in [0.2, 0.25) is 0 Å². The van der Waals surface area contributed by atoms with Gasteiger partial charge < -0.3 is 10.6 Å². The van der Waals surface area contributed by atoms with Crippen molar-refractivity contribution < 1.29 is 13.2 Å². The topological polar surface area (TPSA) is 78.5 Å². The average molecular weight is 452 g/mol. The Labute approximate surface area is 190 Å². The summed E-state index contributed by atoms with van der Waals surface area (Å²) < 4.78 is 27.3. The van der Waals surface area contributed by atoms with E-state index in [1.165, 1.54) is 23.5 Å². The van der Waals surface area contributed by atoms with Gasteiger partial charge in [-0.1, -0.05) is 68.4 Å². The average Bonchev–Trinajstić information content (AvgIpc) is 2.80. The lowest BCUT2D eigenvalue weighted by atomic mass is 9.96. The number of nitrogens with zero attached hydrogens (tertiary/aromatic N) is 1. The van der Waals surface area contributed by atoms with Gasteiger partial charge in [0.15, 0.2) is 0 Å². The van der Waals surface area contributed by atoms with Crippen molar-refractivity contribution in [2.45, 2.75) is 24.8 Å². The fourth-order valence-electron chi connectivity index (χ4n) is 3.48. The molecule has 1 atom stereocenters. The lowest BCUT2D eigenvalue weighted by Crippen LogP contribution is -2.33. The first-order chi connectivity index (χ1) is 15.3. The summed E-state index contributed by atoms with van der Waals surface area (Å²) in [5.41, 5.74) is 2.11. The molecule has 0 saturated heterocycles. The molecule has 0 bridgehead atoms. The number of amides is 1. The number of anilines is 2. The van der Waals surface area contributed by atoms with Crippen LogP contribution in [-0.2, 0) is 14.8 Å². The van der Waals surface area contributed by atoms with E-state index in [2.05, 4.69) is 24.5 Å². The van der Waals surface area contributed by atoms with Gasteiger partial charge in [-0.25, -0.2) is 8.42 Å². The van der Waals surface area contributed by atoms with Crippen LogP contribution < -0.4 is 14.9 Å². The van der Waals surface area contributed by atoms with Gasteiger partial charge >= 0.3 is 0 Å². The van der Waals surface area contributed by atoms with Crippen LogP contribution in [0.1, 0.15) is 25.5 Å². The molecule has 0 unspecified atom stereocenters. The van der Waals surface area contributed by atoms with Gasteiger partial charge in [0.1, 0.15) is 0 Å². The van der Waals surface area contributed by atoms with Gasteiger partial charge in [0.25, 0.3) is 10.0 Å². The number of nitrogens with one attached hydrogen (secondary N) is 2. The molecule has 3 rings (SSSR count). The van der Waals surface area contributed by atoms with Crippen molar-refractivity contribution in [1.82, 2.24) is 5.32 Å². The number of carbonyl (C=O) groups excluding carboxylic acids is 1. The minimum absolute atomic E-state index is 0.0354. The molecule has 0 fully saturated rings. The first kappa shape index (κ1) is 23.5. The molecule has 0 aliphatic rings. The standard InChI is InChI=1S/C25H29N3O3S/c1-19(2)25(20-11-6-4-7-12-20)26-18-24(29)27-21-13-10-16-23(17-21)32(30,31)28(3)22-14-8-5-9-15-22/h4-17,19,25-26H,18H2,1-3H3,(H,27,29)/t25-/m0/s1. The van der Waals surface area contributed by atoms with Crippen molar-refractivity contribution >= 4 is 27.3 Å². The number of sulfonamides is 1. The molecule has 1 amide bonds. The third kappa shape index (κ3) is 5.75. The van der Waals surface area contributed by atoms with Crippen LogP contribution in [0.15, 0.2) is 89.8 Å². The number of rotatable bonds is 9. The molecule has 3 aromatic rings. The lowest BCUT2D eigenvalue weighted by molar-refractivity contribution is -0.115. The number of hydrogen-bond acceptors (Lipinski definition) is 4. The van der Waals surface area contributed by atoms with Gasteiger partial charge in [-0.05, 0) is 41.8 Å². The molecule has 0 spiro atoms. The van der Waals surface area contributed by atoms with Crippen LogP contribution in [0.4, 0.5) is 11.4 Å². The Morgan fingerprint density at radius 2 is 1.53 bits per heavy atom. The zero-order valence-electron chi connectivity index (χ0n) is 18.5. The molecule has 3 aromatic carbocycles. The van der Waals surface area contributed by atoms with E-state index < -0.39 is 10.0 Å². The molecule has 0 radical (unpaired) electrons. The molecule has 7 heteroatoms. The van der Waals surface area contributed by atoms with Crippen molar-refractivity contribution in [3.8, 4) is 0 Å². The van der Waals surface area contributed by atoms with E-state index in [9.17, 15) is 13.2 Å². The quantitative estimate of drug-likeness (QED) is 0.504. The molecule has 32 heavy (non-hydrogen) atoms. The molecular weight excluding hydrogens is 422 g/mol. The van der Waals surface area contributed by atoms with Gasteiger partial charge in [-0.2, -0.15) is 0 Å². The number of para-hydroxylation sites is 1. The highest BCUT2D eigenvalue weighted by Crippen LogP contribution is 2.24. The van der Waals surface area contributed by atoms with Crippen LogP contribution in [0.25, 0.3) is 0 Å². The highest BCUT2D eigenvalue weighted by molar-refractivity contribution is 7.92. The largest absolute Gasteiger partial charge is 0.325 e. The Balaban J connectivity index is 1.68. The van der Waals surface area contributed by atoms with Crippen molar-refractivity contribution in [1.29, 1.82) is 0 Å². The lowest BCUT2D eigenvalue weighted by Gasteiger charge is -2.23. The predicted molar refractivity (Wildman–Crippen MR) is 129 cm³/mol. The maximum atomic E-state index is 13.0. The number of benzene rings is 3. The molecule has 0 heterocycles. The minimum atomic E-state index is -3.76. The van der Waals surface area contributed by atoms with Crippen molar-refractivity contribution in [3.63, 3.8) is 0 Å². The Morgan fingerprint density at radius 3 is 2.16 bits per heavy atom. The minimum Gasteiger partial charge on any atom is -0.325 e. The Morgan fingerprint density at radius 1 is 0.906 bits per heavy atom. The van der Waals surface area contributed by atoms with Gasteiger partial charge in [0.05, 0.1) is 17.1 Å². The molecule has 6 nitrogen and oxygen atoms in total. The fraction of sp³-hybridized carbons (Fsp3) is 0.240. The summed E-state index contributed by atoms with van der Waals surface area (Å²) in [6.45, 7) is 4.30. The van der Waals surface area contributed by atoms with Crippen LogP contribution >= 0.6 is 0 Å². The summed E-state index contributed by atoms with van der Waals surface area (Å²) in [5.74, 6) is 0.0599. The van der Waals surface area contributed by atoms with Crippen molar-refractivity contribution in [2.24, 2.45) is 5.92 Å². The maximum Gasteiger partial charge on any atom is 0.264 e. The summed E-state index contributed by atoms with van der Waals surface area (Å²) in [5, 5.41) is 6.10. The summed E-state index contributed by atoms with van der Waals surface area (Å²) in [6, 6.07) is 25.2. The SMILES string of the molecule is CC(C)[C@H](NCC(=O)Nc1cccc(S(=O)(=O)N(C)c2ccccc2)c1)c1ccccc1. The van der Waals surface area contributed by atoms with E-state index in [1.54, 1.807) is 36.4 Å². The van der Waals surface area contributed by atoms with Crippen LogP contribution in [0.5, 0.6) is 0 Å². The number of carbonyl (C=O) groups is 1. The van der Waals surface area contributed by atoms with E-state index in [0.29, 0.717) is 17.3 Å². The monoisotopic (exact) mass is 451 g/mol. The van der Waals surface area contributed by atoms with E-state index in [-0.39, 0.29) is 23.4 Å². The zero-order valence-corrected chi connectivity index (χ0v) is 19.3. The second-order valence-electron chi connectivity index (χ2n) is 7.90. The second kappa shape index (κ2) is 10.4.